The molecule has 100 valence electrons. The summed E-state index contributed by atoms with van der Waals surface area (Å²) < 4.78 is 5.20. The van der Waals surface area contributed by atoms with Crippen LogP contribution in [0.1, 0.15) is 0 Å². The first kappa shape index (κ1) is 13.0. The van der Waals surface area contributed by atoms with Gasteiger partial charge in [0.2, 0.25) is 11.8 Å². The van der Waals surface area contributed by atoms with Gasteiger partial charge in [0.15, 0.2) is 6.10 Å². The highest BCUT2D eigenvalue weighted by Crippen LogP contribution is 2.27. The molecule has 1 aromatic rings. The predicted octanol–water partition coefficient (Wildman–Crippen LogP) is 0.155. The summed E-state index contributed by atoms with van der Waals surface area (Å²) in [6, 6.07) is 1.99. The van der Waals surface area contributed by atoms with E-state index in [0.717, 1.165) is 6.20 Å². The van der Waals surface area contributed by atoms with Crippen molar-refractivity contribution in [1.29, 1.82) is 5.26 Å². The van der Waals surface area contributed by atoms with Crippen LogP contribution in [0.3, 0.4) is 0 Å². The molecule has 1 N–H and O–H groups in total. The summed E-state index contributed by atoms with van der Waals surface area (Å²) in [6.45, 7) is 1.02. The third-order valence-corrected chi connectivity index (χ3v) is 2.68. The van der Waals surface area contributed by atoms with Gasteiger partial charge >= 0.3 is 5.69 Å². The molecule has 0 radical (unpaired) electrons. The Labute approximate surface area is 109 Å². The van der Waals surface area contributed by atoms with Crippen molar-refractivity contribution < 1.29 is 9.66 Å². The lowest BCUT2D eigenvalue weighted by atomic mass is 10.3. The van der Waals surface area contributed by atoms with Crippen LogP contribution in [0.2, 0.25) is 0 Å². The Morgan fingerprint density at radius 1 is 1.74 bits per heavy atom. The molecule has 1 atom stereocenters. The van der Waals surface area contributed by atoms with Gasteiger partial charge in [-0.3, -0.25) is 10.1 Å². The van der Waals surface area contributed by atoms with Crippen LogP contribution in [0.15, 0.2) is 6.20 Å². The first-order valence-corrected chi connectivity index (χ1v) is 5.61. The number of hydrogen-bond acceptors (Lipinski definition) is 8. The summed E-state index contributed by atoms with van der Waals surface area (Å²) in [5.74, 6) is 0.494. The first-order chi connectivity index (χ1) is 9.15. The maximum Gasteiger partial charge on any atom is 0.329 e. The van der Waals surface area contributed by atoms with Crippen molar-refractivity contribution in [2.45, 2.75) is 6.10 Å². The molecule has 0 amide bonds. The number of ether oxygens (including phenoxy) is 1. The van der Waals surface area contributed by atoms with Gasteiger partial charge < -0.3 is 15.0 Å². The molecule has 1 fully saturated rings. The van der Waals surface area contributed by atoms with E-state index in [4.69, 9.17) is 10.00 Å². The second kappa shape index (κ2) is 5.45. The molecule has 1 aromatic heterocycles. The van der Waals surface area contributed by atoms with Crippen molar-refractivity contribution in [2.75, 3.05) is 37.0 Å². The average molecular weight is 264 g/mol. The van der Waals surface area contributed by atoms with Crippen molar-refractivity contribution >= 4 is 17.5 Å². The molecular weight excluding hydrogens is 252 g/mol. The van der Waals surface area contributed by atoms with E-state index in [1.165, 1.54) is 0 Å². The summed E-state index contributed by atoms with van der Waals surface area (Å²) in [4.78, 5) is 20.1. The molecule has 2 rings (SSSR count). The van der Waals surface area contributed by atoms with E-state index in [2.05, 4.69) is 15.3 Å². The number of nitrogens with zero attached hydrogens (tertiary/aromatic N) is 5. The summed E-state index contributed by atoms with van der Waals surface area (Å²) >= 11 is 0. The third-order valence-electron chi connectivity index (χ3n) is 2.68. The fourth-order valence-electron chi connectivity index (χ4n) is 1.77. The van der Waals surface area contributed by atoms with Gasteiger partial charge in [0.1, 0.15) is 6.20 Å². The second-order valence-electron chi connectivity index (χ2n) is 3.84. The smallest absolute Gasteiger partial charge is 0.329 e. The van der Waals surface area contributed by atoms with Crippen LogP contribution in [0, 0.1) is 21.4 Å². The molecule has 1 unspecified atom stereocenters. The summed E-state index contributed by atoms with van der Waals surface area (Å²) in [7, 11) is 1.63. The van der Waals surface area contributed by atoms with Crippen molar-refractivity contribution in [3.8, 4) is 6.07 Å². The van der Waals surface area contributed by atoms with Crippen molar-refractivity contribution in [1.82, 2.24) is 9.97 Å². The first-order valence-electron chi connectivity index (χ1n) is 5.61. The van der Waals surface area contributed by atoms with Crippen LogP contribution < -0.4 is 10.2 Å². The van der Waals surface area contributed by atoms with Crippen molar-refractivity contribution in [2.24, 2.45) is 0 Å². The zero-order chi connectivity index (χ0) is 13.8. The Kier molecular flexibility index (Phi) is 3.72. The van der Waals surface area contributed by atoms with Crippen molar-refractivity contribution in [3.63, 3.8) is 0 Å². The van der Waals surface area contributed by atoms with Crippen LogP contribution >= 0.6 is 0 Å². The van der Waals surface area contributed by atoms with Gasteiger partial charge in [0.25, 0.3) is 0 Å². The summed E-state index contributed by atoms with van der Waals surface area (Å²) in [5, 5.41) is 22.6. The summed E-state index contributed by atoms with van der Waals surface area (Å²) in [6.07, 6.45) is 0.548. The predicted molar refractivity (Wildman–Crippen MR) is 65.8 cm³/mol. The van der Waals surface area contributed by atoms with E-state index < -0.39 is 11.0 Å². The third kappa shape index (κ3) is 2.69. The van der Waals surface area contributed by atoms with Gasteiger partial charge in [-0.05, 0) is 0 Å². The highest BCUT2D eigenvalue weighted by molar-refractivity contribution is 5.59. The zero-order valence-corrected chi connectivity index (χ0v) is 10.2. The number of anilines is 2. The Morgan fingerprint density at radius 3 is 3.16 bits per heavy atom. The normalized spacial score (nSPS) is 18.7. The minimum absolute atomic E-state index is 0.183. The average Bonchev–Trinajstić information content (AvgIpc) is 2.46. The number of nitro groups is 1. The van der Waals surface area contributed by atoms with E-state index in [0.29, 0.717) is 19.1 Å². The van der Waals surface area contributed by atoms with Crippen LogP contribution in [-0.2, 0) is 4.74 Å². The molecule has 9 heteroatoms. The number of aromatic nitrogens is 2. The Morgan fingerprint density at radius 2 is 2.53 bits per heavy atom. The van der Waals surface area contributed by atoms with Crippen LogP contribution in [0.5, 0.6) is 0 Å². The molecule has 1 aliphatic heterocycles. The highest BCUT2D eigenvalue weighted by atomic mass is 16.6. The number of morpholine rings is 1. The van der Waals surface area contributed by atoms with Gasteiger partial charge in [-0.1, -0.05) is 0 Å². The lowest BCUT2D eigenvalue weighted by Gasteiger charge is -2.30. The minimum atomic E-state index is -0.610. The quantitative estimate of drug-likeness (QED) is 0.605. The van der Waals surface area contributed by atoms with Crippen LogP contribution in [0.4, 0.5) is 17.5 Å². The topological polar surface area (TPSA) is 117 Å². The van der Waals surface area contributed by atoms with Crippen molar-refractivity contribution in [3.05, 3.63) is 16.3 Å². The SMILES string of the molecule is CNc1ncc([N+](=O)[O-])c(N2CCOC(C#N)C2)n1. The van der Waals surface area contributed by atoms with Gasteiger partial charge in [0, 0.05) is 13.6 Å². The Bertz CT molecular complexity index is 528. The van der Waals surface area contributed by atoms with E-state index in [1.54, 1.807) is 11.9 Å². The number of nitrogens with one attached hydrogen (secondary N) is 1. The molecule has 1 saturated heterocycles. The fraction of sp³-hybridized carbons (Fsp3) is 0.500. The molecule has 0 spiro atoms. The minimum Gasteiger partial charge on any atom is -0.360 e. The molecule has 9 nitrogen and oxygen atoms in total. The molecule has 1 aliphatic rings. The maximum absolute atomic E-state index is 11.0. The number of hydrogen-bond donors (Lipinski definition) is 1. The lowest BCUT2D eigenvalue weighted by molar-refractivity contribution is -0.384. The van der Waals surface area contributed by atoms with Crippen LogP contribution in [0.25, 0.3) is 0 Å². The largest absolute Gasteiger partial charge is 0.360 e. The summed E-state index contributed by atoms with van der Waals surface area (Å²) in [5.41, 5.74) is -0.183. The fourth-order valence-corrected chi connectivity index (χ4v) is 1.77. The highest BCUT2D eigenvalue weighted by Gasteiger charge is 2.28. The molecule has 0 aliphatic carbocycles. The lowest BCUT2D eigenvalue weighted by Crippen LogP contribution is -2.42. The Hall–Kier alpha value is -2.47. The molecule has 0 bridgehead atoms. The zero-order valence-electron chi connectivity index (χ0n) is 10.2. The number of nitriles is 1. The van der Waals surface area contributed by atoms with E-state index in [1.807, 2.05) is 6.07 Å². The standard InChI is InChI=1S/C10H12N6O3/c1-12-10-13-5-8(16(17)18)9(14-10)15-2-3-19-7(4-11)6-15/h5,7H,2-3,6H2,1H3,(H,12,13,14). The van der Waals surface area contributed by atoms with Crippen LogP contribution in [-0.4, -0.2) is 47.7 Å². The van der Waals surface area contributed by atoms with Gasteiger partial charge in [-0.25, -0.2) is 4.98 Å². The number of rotatable bonds is 3. The Balaban J connectivity index is 2.36. The van der Waals surface area contributed by atoms with E-state index >= 15 is 0 Å². The maximum atomic E-state index is 11.0. The van der Waals surface area contributed by atoms with Gasteiger partial charge in [-0.2, -0.15) is 10.2 Å². The van der Waals surface area contributed by atoms with Gasteiger partial charge in [0.05, 0.1) is 24.1 Å². The molecule has 0 saturated carbocycles. The molecule has 2 heterocycles. The van der Waals surface area contributed by atoms with Gasteiger partial charge in [-0.15, -0.1) is 0 Å². The molecular formula is C10H12N6O3. The monoisotopic (exact) mass is 264 g/mol. The molecule has 0 aromatic carbocycles. The van der Waals surface area contributed by atoms with E-state index in [-0.39, 0.29) is 18.1 Å². The second-order valence-corrected chi connectivity index (χ2v) is 3.84. The van der Waals surface area contributed by atoms with E-state index in [9.17, 15) is 10.1 Å². The molecule has 19 heavy (non-hydrogen) atoms.